The number of rotatable bonds is 4. The third-order valence-electron chi connectivity index (χ3n) is 4.01. The van der Waals surface area contributed by atoms with E-state index in [1.54, 1.807) is 0 Å². The number of hydrogen-bond acceptors (Lipinski definition) is 11. The number of ether oxygens (including phenoxy) is 3. The Balaban J connectivity index is 2.17. The van der Waals surface area contributed by atoms with Crippen molar-refractivity contribution in [3.8, 4) is 0 Å². The zero-order chi connectivity index (χ0) is 17.4. The van der Waals surface area contributed by atoms with Crippen LogP contribution < -0.4 is 0 Å². The standard InChI is InChI=1S/C12H22O11/c13-1-5-7(17)8(18)9(19)11(22-5)23-10-6(16)4(15)2-21-12(10,20)3-14/h4-11,13-20H,1-3H2/t4-,5+,6+,7-,8+,9+,10-,11-,12+/m1/s1. The zero-order valence-electron chi connectivity index (χ0n) is 12.0. The van der Waals surface area contributed by atoms with Crippen molar-refractivity contribution in [2.75, 3.05) is 19.8 Å². The molecule has 0 aromatic heterocycles. The van der Waals surface area contributed by atoms with Gasteiger partial charge in [0.25, 0.3) is 0 Å². The molecule has 23 heavy (non-hydrogen) atoms. The molecule has 0 amide bonds. The number of aliphatic hydroxyl groups is 8. The first kappa shape index (κ1) is 18.9. The summed E-state index contributed by atoms with van der Waals surface area (Å²) in [5.74, 6) is -2.38. The maximum atomic E-state index is 10.1. The van der Waals surface area contributed by atoms with Crippen LogP contribution in [0, 0.1) is 0 Å². The van der Waals surface area contributed by atoms with Gasteiger partial charge in [-0.05, 0) is 0 Å². The molecular weight excluding hydrogens is 320 g/mol. The van der Waals surface area contributed by atoms with Crippen molar-refractivity contribution >= 4 is 0 Å². The number of hydrogen-bond donors (Lipinski definition) is 8. The molecule has 2 rings (SSSR count). The normalized spacial score (nSPS) is 51.7. The van der Waals surface area contributed by atoms with E-state index < -0.39 is 74.6 Å². The summed E-state index contributed by atoms with van der Waals surface area (Å²) in [6.07, 6.45) is -12.9. The average Bonchev–Trinajstić information content (AvgIpc) is 2.55. The third kappa shape index (κ3) is 3.50. The summed E-state index contributed by atoms with van der Waals surface area (Å²) in [6, 6.07) is 0. The van der Waals surface area contributed by atoms with Crippen LogP contribution in [0.2, 0.25) is 0 Å². The topological polar surface area (TPSA) is 190 Å². The second-order valence-electron chi connectivity index (χ2n) is 5.63. The van der Waals surface area contributed by atoms with Gasteiger partial charge >= 0.3 is 0 Å². The summed E-state index contributed by atoms with van der Waals surface area (Å²) >= 11 is 0. The Morgan fingerprint density at radius 2 is 1.61 bits per heavy atom. The van der Waals surface area contributed by atoms with Crippen molar-refractivity contribution in [1.29, 1.82) is 0 Å². The lowest BCUT2D eigenvalue weighted by molar-refractivity contribution is -0.387. The minimum absolute atomic E-state index is 0.466. The highest BCUT2D eigenvalue weighted by Gasteiger charge is 2.53. The lowest BCUT2D eigenvalue weighted by Crippen LogP contribution is -2.67. The lowest BCUT2D eigenvalue weighted by Gasteiger charge is -2.47. The van der Waals surface area contributed by atoms with Crippen molar-refractivity contribution in [3.05, 3.63) is 0 Å². The molecule has 11 heteroatoms. The highest BCUT2D eigenvalue weighted by Crippen LogP contribution is 2.30. The van der Waals surface area contributed by atoms with Gasteiger partial charge in [-0.25, -0.2) is 0 Å². The van der Waals surface area contributed by atoms with Gasteiger partial charge in [0.1, 0.15) is 42.7 Å². The average molecular weight is 342 g/mol. The molecule has 2 saturated heterocycles. The van der Waals surface area contributed by atoms with E-state index in [0.29, 0.717) is 0 Å². The van der Waals surface area contributed by atoms with E-state index in [-0.39, 0.29) is 0 Å². The molecule has 2 fully saturated rings. The van der Waals surface area contributed by atoms with Gasteiger partial charge in [0.2, 0.25) is 5.79 Å². The summed E-state index contributed by atoms with van der Waals surface area (Å²) in [7, 11) is 0. The molecule has 0 spiro atoms. The molecule has 2 aliphatic heterocycles. The van der Waals surface area contributed by atoms with Gasteiger partial charge in [-0.1, -0.05) is 0 Å². The Morgan fingerprint density at radius 1 is 0.957 bits per heavy atom. The van der Waals surface area contributed by atoms with Crippen molar-refractivity contribution in [1.82, 2.24) is 0 Å². The summed E-state index contributed by atoms with van der Waals surface area (Å²) < 4.78 is 15.1. The van der Waals surface area contributed by atoms with Gasteiger partial charge in [-0.3, -0.25) is 0 Å². The summed E-state index contributed by atoms with van der Waals surface area (Å²) in [6.45, 7) is -2.15. The van der Waals surface area contributed by atoms with Crippen LogP contribution in [0.15, 0.2) is 0 Å². The molecule has 9 atom stereocenters. The van der Waals surface area contributed by atoms with Gasteiger partial charge in [0.05, 0.1) is 19.8 Å². The molecule has 0 aromatic carbocycles. The zero-order valence-corrected chi connectivity index (χ0v) is 12.0. The van der Waals surface area contributed by atoms with E-state index in [1.807, 2.05) is 0 Å². The van der Waals surface area contributed by atoms with Crippen LogP contribution >= 0.6 is 0 Å². The summed E-state index contributed by atoms with van der Waals surface area (Å²) in [4.78, 5) is 0. The molecule has 0 unspecified atom stereocenters. The Hall–Kier alpha value is -0.440. The maximum Gasteiger partial charge on any atom is 0.219 e. The predicted octanol–water partition coefficient (Wildman–Crippen LogP) is -5.40. The highest BCUT2D eigenvalue weighted by molar-refractivity contribution is 4.95. The fourth-order valence-corrected chi connectivity index (χ4v) is 2.53. The van der Waals surface area contributed by atoms with E-state index in [2.05, 4.69) is 0 Å². The molecule has 2 aliphatic rings. The first-order valence-electron chi connectivity index (χ1n) is 7.04. The van der Waals surface area contributed by atoms with Crippen molar-refractivity contribution in [2.45, 2.75) is 54.8 Å². The highest BCUT2D eigenvalue weighted by atomic mass is 16.7. The van der Waals surface area contributed by atoms with Crippen molar-refractivity contribution in [2.24, 2.45) is 0 Å². The molecule has 2 heterocycles. The van der Waals surface area contributed by atoms with Crippen LogP contribution in [0.1, 0.15) is 0 Å². The van der Waals surface area contributed by atoms with Crippen LogP contribution in [0.3, 0.4) is 0 Å². The number of aliphatic hydroxyl groups excluding tert-OH is 7. The monoisotopic (exact) mass is 342 g/mol. The largest absolute Gasteiger partial charge is 0.394 e. The van der Waals surface area contributed by atoms with Crippen LogP contribution in [-0.2, 0) is 14.2 Å². The van der Waals surface area contributed by atoms with Crippen LogP contribution in [0.5, 0.6) is 0 Å². The van der Waals surface area contributed by atoms with Crippen molar-refractivity contribution in [3.63, 3.8) is 0 Å². The second-order valence-corrected chi connectivity index (χ2v) is 5.63. The van der Waals surface area contributed by atoms with E-state index in [9.17, 15) is 35.7 Å². The van der Waals surface area contributed by atoms with Crippen LogP contribution in [0.25, 0.3) is 0 Å². The molecule has 136 valence electrons. The van der Waals surface area contributed by atoms with E-state index in [4.69, 9.17) is 19.3 Å². The fourth-order valence-electron chi connectivity index (χ4n) is 2.53. The molecule has 0 radical (unpaired) electrons. The van der Waals surface area contributed by atoms with Crippen molar-refractivity contribution < 1.29 is 55.1 Å². The van der Waals surface area contributed by atoms with E-state index in [1.165, 1.54) is 0 Å². The summed E-state index contributed by atoms with van der Waals surface area (Å²) in [5.41, 5.74) is 0. The van der Waals surface area contributed by atoms with Crippen LogP contribution in [0.4, 0.5) is 0 Å². The fraction of sp³-hybridized carbons (Fsp3) is 1.00. The molecular formula is C12H22O11. The third-order valence-corrected chi connectivity index (χ3v) is 4.01. The van der Waals surface area contributed by atoms with E-state index >= 15 is 0 Å². The Labute approximate surface area is 130 Å². The Morgan fingerprint density at radius 3 is 2.17 bits per heavy atom. The SMILES string of the molecule is OC[C@@H]1O[C@H](O[C@@H]2[C@@H](O)[C@H](O)CO[C@@]2(O)CO)[C@@H](O)[C@@H](O)[C@@H]1O. The van der Waals surface area contributed by atoms with Gasteiger partial charge < -0.3 is 55.1 Å². The minimum Gasteiger partial charge on any atom is -0.394 e. The molecule has 0 aromatic rings. The summed E-state index contributed by atoms with van der Waals surface area (Å²) in [5, 5.41) is 77.2. The quantitative estimate of drug-likeness (QED) is 0.243. The molecule has 8 N–H and O–H groups in total. The predicted molar refractivity (Wildman–Crippen MR) is 68.6 cm³/mol. The first-order chi connectivity index (χ1) is 10.7. The Kier molecular flexibility index (Phi) is 5.92. The molecule has 0 saturated carbocycles. The Bertz CT molecular complexity index is 393. The van der Waals surface area contributed by atoms with Crippen LogP contribution in [-0.4, -0.2) is 115 Å². The van der Waals surface area contributed by atoms with E-state index in [0.717, 1.165) is 0 Å². The molecule has 11 nitrogen and oxygen atoms in total. The second kappa shape index (κ2) is 7.21. The van der Waals surface area contributed by atoms with Gasteiger partial charge in [-0.15, -0.1) is 0 Å². The smallest absolute Gasteiger partial charge is 0.219 e. The lowest BCUT2D eigenvalue weighted by atomic mass is 9.96. The van der Waals surface area contributed by atoms with Gasteiger partial charge in [-0.2, -0.15) is 0 Å². The van der Waals surface area contributed by atoms with Gasteiger partial charge in [0, 0.05) is 0 Å². The molecule has 0 bridgehead atoms. The first-order valence-corrected chi connectivity index (χ1v) is 7.04. The van der Waals surface area contributed by atoms with Gasteiger partial charge in [0.15, 0.2) is 6.29 Å². The maximum absolute atomic E-state index is 10.1. The minimum atomic E-state index is -2.38. The molecule has 0 aliphatic carbocycles.